The molecule has 5 N–H and O–H groups in total. The van der Waals surface area contributed by atoms with Crippen molar-refractivity contribution in [2.24, 2.45) is 0 Å². The molecule has 0 rings (SSSR count). The molecule has 0 aliphatic rings. The third-order valence-corrected chi connectivity index (χ3v) is 13.8. The van der Waals surface area contributed by atoms with E-state index in [1.807, 2.05) is 0 Å². The summed E-state index contributed by atoms with van der Waals surface area (Å²) in [6.07, 6.45) is 58.8. The smallest absolute Gasteiger partial charge is 0.249 e. The van der Waals surface area contributed by atoms with Gasteiger partial charge in [-0.3, -0.25) is 4.79 Å². The van der Waals surface area contributed by atoms with Gasteiger partial charge in [-0.2, -0.15) is 0 Å². The Morgan fingerprint density at radius 1 is 0.339 bits per heavy atom. The zero-order valence-corrected chi connectivity index (χ0v) is 42.2. The van der Waals surface area contributed by atoms with E-state index in [2.05, 4.69) is 19.2 Å². The van der Waals surface area contributed by atoms with Crippen LogP contribution in [0.5, 0.6) is 0 Å². The van der Waals surface area contributed by atoms with E-state index in [1.54, 1.807) is 0 Å². The number of hydrogen-bond acceptors (Lipinski definition) is 5. The minimum Gasteiger partial charge on any atom is -0.394 e. The predicted octanol–water partition coefficient (Wildman–Crippen LogP) is 16.3. The molecule has 0 aromatic carbocycles. The summed E-state index contributed by atoms with van der Waals surface area (Å²) in [6.45, 7) is 4.10. The van der Waals surface area contributed by atoms with Crippen molar-refractivity contribution in [3.63, 3.8) is 0 Å². The molecule has 6 heteroatoms. The van der Waals surface area contributed by atoms with Crippen molar-refractivity contribution in [2.75, 3.05) is 6.61 Å². The van der Waals surface area contributed by atoms with Gasteiger partial charge < -0.3 is 25.7 Å². The second-order valence-corrected chi connectivity index (χ2v) is 20.0. The lowest BCUT2D eigenvalue weighted by atomic mass is 9.99. The molecule has 0 radical (unpaired) electrons. The van der Waals surface area contributed by atoms with Crippen molar-refractivity contribution in [1.82, 2.24) is 5.32 Å². The summed E-state index contributed by atoms with van der Waals surface area (Å²) in [5.74, 6) is -0.575. The van der Waals surface area contributed by atoms with Crippen LogP contribution < -0.4 is 5.32 Å². The zero-order chi connectivity index (χ0) is 45.2. The van der Waals surface area contributed by atoms with Crippen molar-refractivity contribution in [3.8, 4) is 0 Å². The molecule has 0 aliphatic heterocycles. The molecule has 0 aliphatic carbocycles. The summed E-state index contributed by atoms with van der Waals surface area (Å²) in [5, 5.41) is 44.0. The van der Waals surface area contributed by atoms with Gasteiger partial charge in [-0.15, -0.1) is 0 Å². The zero-order valence-electron chi connectivity index (χ0n) is 42.2. The van der Waals surface area contributed by atoms with Gasteiger partial charge in [0.1, 0.15) is 12.2 Å². The highest BCUT2D eigenvalue weighted by Crippen LogP contribution is 2.19. The molecule has 0 heterocycles. The first-order chi connectivity index (χ1) is 30.5. The number of unbranched alkanes of at least 4 members (excludes halogenated alkanes) is 44. The third-order valence-electron chi connectivity index (χ3n) is 13.8. The number of carbonyl (C=O) groups excluding carboxylic acids is 1. The molecule has 4 atom stereocenters. The van der Waals surface area contributed by atoms with Crippen LogP contribution in [0.2, 0.25) is 0 Å². The van der Waals surface area contributed by atoms with Crippen LogP contribution in [-0.2, 0) is 4.79 Å². The fraction of sp³-hybridized carbons (Fsp3) is 0.982. The van der Waals surface area contributed by atoms with Crippen LogP contribution in [0.25, 0.3) is 0 Å². The minimum atomic E-state index is -1.25. The maximum atomic E-state index is 12.6. The number of nitrogens with one attached hydrogen (secondary N) is 1. The van der Waals surface area contributed by atoms with E-state index in [9.17, 15) is 25.2 Å². The molecule has 6 nitrogen and oxygen atoms in total. The maximum absolute atomic E-state index is 12.6. The van der Waals surface area contributed by atoms with E-state index in [-0.39, 0.29) is 0 Å². The Bertz CT molecular complexity index is 856. The molecule has 0 spiro atoms. The molecule has 0 bridgehead atoms. The van der Waals surface area contributed by atoms with E-state index in [1.165, 1.54) is 257 Å². The molecule has 1 amide bonds. The molecule has 372 valence electrons. The lowest BCUT2D eigenvalue weighted by Crippen LogP contribution is -2.53. The fourth-order valence-corrected chi connectivity index (χ4v) is 9.35. The maximum Gasteiger partial charge on any atom is 0.249 e. The highest BCUT2D eigenvalue weighted by atomic mass is 16.3. The van der Waals surface area contributed by atoms with Crippen molar-refractivity contribution in [2.45, 2.75) is 346 Å². The normalized spacial score (nSPS) is 13.7. The van der Waals surface area contributed by atoms with E-state index in [4.69, 9.17) is 0 Å². The fourth-order valence-electron chi connectivity index (χ4n) is 9.35. The van der Waals surface area contributed by atoms with Gasteiger partial charge in [-0.25, -0.2) is 0 Å². The number of hydrogen-bond donors (Lipinski definition) is 5. The summed E-state index contributed by atoms with van der Waals surface area (Å²) in [4.78, 5) is 12.6. The van der Waals surface area contributed by atoms with Crippen LogP contribution in [-0.4, -0.2) is 57.3 Å². The topological polar surface area (TPSA) is 110 Å². The lowest BCUT2D eigenvalue weighted by Gasteiger charge is -2.27. The van der Waals surface area contributed by atoms with Crippen LogP contribution in [0.1, 0.15) is 322 Å². The van der Waals surface area contributed by atoms with Gasteiger partial charge in [-0.05, 0) is 12.8 Å². The molecular formula is C56H113NO5. The Morgan fingerprint density at radius 2 is 0.548 bits per heavy atom. The minimum absolute atomic E-state index is 0.376. The first kappa shape index (κ1) is 61.3. The van der Waals surface area contributed by atoms with Gasteiger partial charge in [0.05, 0.1) is 18.8 Å². The van der Waals surface area contributed by atoms with E-state index in [0.717, 1.165) is 38.5 Å². The third kappa shape index (κ3) is 44.5. The van der Waals surface area contributed by atoms with Crippen molar-refractivity contribution >= 4 is 5.91 Å². The van der Waals surface area contributed by atoms with Gasteiger partial charge in [-0.1, -0.05) is 309 Å². The van der Waals surface area contributed by atoms with Crippen LogP contribution >= 0.6 is 0 Å². The van der Waals surface area contributed by atoms with Crippen LogP contribution in [0, 0.1) is 0 Å². The van der Waals surface area contributed by atoms with Crippen molar-refractivity contribution in [3.05, 3.63) is 0 Å². The molecule has 62 heavy (non-hydrogen) atoms. The summed E-state index contributed by atoms with van der Waals surface area (Å²) >= 11 is 0. The standard InChI is InChI=1S/C56H113NO5/c1-3-5-7-9-11-13-15-17-19-21-23-25-26-27-28-30-32-34-36-38-40-42-44-46-48-50-54(60)56(62)57-52(51-58)55(61)53(59)49-47-45-43-41-39-37-35-33-31-29-24-22-20-18-16-14-12-10-8-6-4-2/h52-55,58-61H,3-51H2,1-2H3,(H,57,62). The van der Waals surface area contributed by atoms with Crippen LogP contribution in [0.15, 0.2) is 0 Å². The molecule has 0 fully saturated rings. The number of aliphatic hydroxyl groups excluding tert-OH is 4. The van der Waals surface area contributed by atoms with E-state index >= 15 is 0 Å². The Morgan fingerprint density at radius 3 is 0.774 bits per heavy atom. The highest BCUT2D eigenvalue weighted by molar-refractivity contribution is 5.80. The Hall–Kier alpha value is -0.690. The molecule has 0 saturated heterocycles. The largest absolute Gasteiger partial charge is 0.394 e. The van der Waals surface area contributed by atoms with Crippen molar-refractivity contribution < 1.29 is 25.2 Å². The van der Waals surface area contributed by atoms with Gasteiger partial charge in [0.2, 0.25) is 5.91 Å². The van der Waals surface area contributed by atoms with Gasteiger partial charge >= 0.3 is 0 Å². The monoisotopic (exact) mass is 880 g/mol. The van der Waals surface area contributed by atoms with Gasteiger partial charge in [0.15, 0.2) is 0 Å². The average molecular weight is 881 g/mol. The number of carbonyl (C=O) groups is 1. The first-order valence-electron chi connectivity index (χ1n) is 28.4. The Kier molecular flexibility index (Phi) is 50.7. The SMILES string of the molecule is CCCCCCCCCCCCCCCCCCCCCCCCCCCC(O)C(=O)NC(CO)C(O)C(O)CCCCCCCCCCCCCCCCCCCCCCC. The summed E-state index contributed by atoms with van der Waals surface area (Å²) in [5.41, 5.74) is 0. The van der Waals surface area contributed by atoms with Crippen LogP contribution in [0.3, 0.4) is 0 Å². The average Bonchev–Trinajstić information content (AvgIpc) is 3.28. The predicted molar refractivity (Wildman–Crippen MR) is 270 cm³/mol. The molecule has 4 unspecified atom stereocenters. The Balaban J connectivity index is 3.58. The highest BCUT2D eigenvalue weighted by Gasteiger charge is 2.28. The molecule has 0 aromatic rings. The second-order valence-electron chi connectivity index (χ2n) is 20.0. The van der Waals surface area contributed by atoms with E-state index < -0.39 is 36.9 Å². The quantitative estimate of drug-likeness (QED) is 0.0391. The number of aliphatic hydroxyl groups is 4. The van der Waals surface area contributed by atoms with E-state index in [0.29, 0.717) is 12.8 Å². The Labute approximate surface area is 388 Å². The van der Waals surface area contributed by atoms with Gasteiger partial charge in [0.25, 0.3) is 0 Å². The molecular weight excluding hydrogens is 767 g/mol. The van der Waals surface area contributed by atoms with Crippen LogP contribution in [0.4, 0.5) is 0 Å². The molecule has 0 aromatic heterocycles. The summed E-state index contributed by atoms with van der Waals surface area (Å²) in [6, 6.07) is -0.980. The lowest BCUT2D eigenvalue weighted by molar-refractivity contribution is -0.132. The molecule has 0 saturated carbocycles. The van der Waals surface area contributed by atoms with Crippen molar-refractivity contribution in [1.29, 1.82) is 0 Å². The summed E-state index contributed by atoms with van der Waals surface area (Å²) < 4.78 is 0. The van der Waals surface area contributed by atoms with Gasteiger partial charge in [0, 0.05) is 0 Å². The number of amides is 1. The number of rotatable bonds is 53. The summed E-state index contributed by atoms with van der Waals surface area (Å²) in [7, 11) is 0. The second kappa shape index (κ2) is 51.3. The first-order valence-corrected chi connectivity index (χ1v) is 28.4.